The summed E-state index contributed by atoms with van der Waals surface area (Å²) >= 11 is 12.4. The third-order valence-corrected chi connectivity index (χ3v) is 5.20. The van der Waals surface area contributed by atoms with E-state index in [2.05, 4.69) is 58.9 Å². The molecule has 0 unspecified atom stereocenters. The van der Waals surface area contributed by atoms with Gasteiger partial charge in [0.25, 0.3) is 0 Å². The summed E-state index contributed by atoms with van der Waals surface area (Å²) in [6, 6.07) is 8.89. The van der Waals surface area contributed by atoms with Crippen molar-refractivity contribution in [2.45, 2.75) is 46.5 Å². The van der Waals surface area contributed by atoms with Crippen LogP contribution in [0.2, 0.25) is 0 Å². The smallest absolute Gasteiger partial charge is 0.0297 e. The van der Waals surface area contributed by atoms with E-state index >= 15 is 0 Å². The topological polar surface area (TPSA) is 0 Å². The predicted octanol–water partition coefficient (Wildman–Crippen LogP) is 5.65. The molecule has 0 spiro atoms. The Morgan fingerprint density at radius 1 is 0.947 bits per heavy atom. The van der Waals surface area contributed by atoms with Crippen molar-refractivity contribution in [2.75, 3.05) is 11.8 Å². The van der Waals surface area contributed by atoms with Crippen LogP contribution in [0, 0.1) is 11.3 Å². The zero-order chi connectivity index (χ0) is 14.7. The number of benzene rings is 1. The van der Waals surface area contributed by atoms with Gasteiger partial charge in [-0.05, 0) is 28.9 Å². The molecule has 0 N–H and O–H groups in total. The van der Waals surface area contributed by atoms with Gasteiger partial charge in [-0.2, -0.15) is 0 Å². The Kier molecular flexibility index (Phi) is 5.77. The Hall–Kier alpha value is -0.200. The van der Waals surface area contributed by atoms with E-state index in [-0.39, 0.29) is 10.8 Å². The van der Waals surface area contributed by atoms with Gasteiger partial charge in [0.15, 0.2) is 0 Å². The molecule has 0 fully saturated rings. The number of hydrogen-bond donors (Lipinski definition) is 0. The van der Waals surface area contributed by atoms with E-state index in [0.29, 0.717) is 17.7 Å². The van der Waals surface area contributed by atoms with E-state index in [1.807, 2.05) is 0 Å². The molecule has 1 aromatic rings. The molecular formula is C17H26Cl2. The molecule has 0 aromatic heterocycles. The number of halogens is 2. The first kappa shape index (κ1) is 16.9. The summed E-state index contributed by atoms with van der Waals surface area (Å²) in [5.41, 5.74) is 2.88. The molecule has 0 heterocycles. The lowest BCUT2D eigenvalue weighted by molar-refractivity contribution is 0.259. The van der Waals surface area contributed by atoms with Crippen LogP contribution in [0.4, 0.5) is 0 Å². The number of hydrogen-bond acceptors (Lipinski definition) is 0. The monoisotopic (exact) mass is 300 g/mol. The SMILES string of the molecule is CC(C)C(CCl)(CCl)Cc1ccc(C(C)(C)C)cc1. The van der Waals surface area contributed by atoms with Gasteiger partial charge in [-0.1, -0.05) is 58.9 Å². The van der Waals surface area contributed by atoms with Gasteiger partial charge in [0.1, 0.15) is 0 Å². The van der Waals surface area contributed by atoms with Crippen LogP contribution in [0.5, 0.6) is 0 Å². The fourth-order valence-corrected chi connectivity index (χ4v) is 3.26. The fraction of sp³-hybridized carbons (Fsp3) is 0.647. The standard InChI is InChI=1S/C17H26Cl2/c1-13(2)17(11-18,12-19)10-14-6-8-15(9-7-14)16(3,4)5/h6-9,13H,10-12H2,1-5H3. The Bertz CT molecular complexity index is 381. The van der Waals surface area contributed by atoms with Gasteiger partial charge in [-0.15, -0.1) is 23.2 Å². The zero-order valence-electron chi connectivity index (χ0n) is 12.8. The van der Waals surface area contributed by atoms with Crippen LogP contribution in [-0.4, -0.2) is 11.8 Å². The summed E-state index contributed by atoms with van der Waals surface area (Å²) in [6.07, 6.45) is 0.947. The summed E-state index contributed by atoms with van der Waals surface area (Å²) in [6.45, 7) is 11.1. The molecule has 1 rings (SSSR count). The first-order valence-electron chi connectivity index (χ1n) is 6.96. The Labute approximate surface area is 128 Å². The van der Waals surface area contributed by atoms with E-state index in [1.54, 1.807) is 0 Å². The molecular weight excluding hydrogens is 275 g/mol. The molecule has 0 radical (unpaired) electrons. The second-order valence-electron chi connectivity index (χ2n) is 6.91. The van der Waals surface area contributed by atoms with Gasteiger partial charge in [-0.25, -0.2) is 0 Å². The molecule has 2 heteroatoms. The van der Waals surface area contributed by atoms with Gasteiger partial charge in [0, 0.05) is 17.2 Å². The highest BCUT2D eigenvalue weighted by molar-refractivity contribution is 6.21. The summed E-state index contributed by atoms with van der Waals surface area (Å²) in [5, 5.41) is 0. The van der Waals surface area contributed by atoms with Gasteiger partial charge in [0.05, 0.1) is 0 Å². The Morgan fingerprint density at radius 3 is 1.74 bits per heavy atom. The minimum absolute atomic E-state index is 0.00758. The average Bonchev–Trinajstić information content (AvgIpc) is 2.35. The first-order valence-corrected chi connectivity index (χ1v) is 8.03. The van der Waals surface area contributed by atoms with Crippen LogP contribution in [0.3, 0.4) is 0 Å². The Balaban J connectivity index is 2.93. The third kappa shape index (κ3) is 4.13. The molecule has 0 amide bonds. The molecule has 0 bridgehead atoms. The van der Waals surface area contributed by atoms with E-state index in [9.17, 15) is 0 Å². The maximum Gasteiger partial charge on any atom is 0.0297 e. The normalized spacial score (nSPS) is 13.1. The van der Waals surface area contributed by atoms with Crippen molar-refractivity contribution in [3.05, 3.63) is 35.4 Å². The fourth-order valence-electron chi connectivity index (χ4n) is 2.17. The zero-order valence-corrected chi connectivity index (χ0v) is 14.3. The lowest BCUT2D eigenvalue weighted by Gasteiger charge is -2.34. The molecule has 0 aliphatic carbocycles. The molecule has 0 nitrogen and oxygen atoms in total. The van der Waals surface area contributed by atoms with Crippen molar-refractivity contribution >= 4 is 23.2 Å². The first-order chi connectivity index (χ1) is 8.75. The average molecular weight is 301 g/mol. The van der Waals surface area contributed by atoms with E-state index in [4.69, 9.17) is 23.2 Å². The van der Waals surface area contributed by atoms with Crippen LogP contribution >= 0.6 is 23.2 Å². The third-order valence-electron chi connectivity index (χ3n) is 4.13. The lowest BCUT2D eigenvalue weighted by Crippen LogP contribution is -2.34. The van der Waals surface area contributed by atoms with Crippen LogP contribution < -0.4 is 0 Å². The highest BCUT2D eigenvalue weighted by atomic mass is 35.5. The van der Waals surface area contributed by atoms with Crippen molar-refractivity contribution in [1.82, 2.24) is 0 Å². The number of rotatable bonds is 5. The molecule has 0 aliphatic heterocycles. The van der Waals surface area contributed by atoms with E-state index in [0.717, 1.165) is 6.42 Å². The summed E-state index contributed by atoms with van der Waals surface area (Å²) in [4.78, 5) is 0. The van der Waals surface area contributed by atoms with Crippen molar-refractivity contribution in [3.63, 3.8) is 0 Å². The largest absolute Gasteiger partial charge is 0.126 e. The molecule has 0 aliphatic rings. The Morgan fingerprint density at radius 2 is 1.42 bits per heavy atom. The minimum Gasteiger partial charge on any atom is -0.126 e. The van der Waals surface area contributed by atoms with Gasteiger partial charge in [-0.3, -0.25) is 0 Å². The molecule has 1 aromatic carbocycles. The highest BCUT2D eigenvalue weighted by Gasteiger charge is 2.32. The quantitative estimate of drug-likeness (QED) is 0.617. The lowest BCUT2D eigenvalue weighted by atomic mass is 9.75. The second kappa shape index (κ2) is 6.50. The van der Waals surface area contributed by atoms with E-state index in [1.165, 1.54) is 11.1 Å². The maximum atomic E-state index is 6.19. The van der Waals surface area contributed by atoms with Gasteiger partial charge in [0.2, 0.25) is 0 Å². The molecule has 0 saturated carbocycles. The minimum atomic E-state index is -0.00758. The van der Waals surface area contributed by atoms with Crippen LogP contribution in [-0.2, 0) is 11.8 Å². The highest BCUT2D eigenvalue weighted by Crippen LogP contribution is 2.35. The summed E-state index contributed by atoms with van der Waals surface area (Å²) in [7, 11) is 0. The van der Waals surface area contributed by atoms with E-state index < -0.39 is 0 Å². The van der Waals surface area contributed by atoms with Gasteiger partial charge >= 0.3 is 0 Å². The van der Waals surface area contributed by atoms with Crippen LogP contribution in [0.15, 0.2) is 24.3 Å². The van der Waals surface area contributed by atoms with Crippen LogP contribution in [0.25, 0.3) is 0 Å². The summed E-state index contributed by atoms with van der Waals surface area (Å²) < 4.78 is 0. The van der Waals surface area contributed by atoms with Gasteiger partial charge < -0.3 is 0 Å². The summed E-state index contributed by atoms with van der Waals surface area (Å²) in [5.74, 6) is 1.69. The molecule has 0 atom stereocenters. The van der Waals surface area contributed by atoms with Crippen molar-refractivity contribution in [3.8, 4) is 0 Å². The molecule has 0 saturated heterocycles. The predicted molar refractivity (Wildman–Crippen MR) is 87.6 cm³/mol. The van der Waals surface area contributed by atoms with Crippen molar-refractivity contribution in [1.29, 1.82) is 0 Å². The molecule has 108 valence electrons. The maximum absolute atomic E-state index is 6.19. The van der Waals surface area contributed by atoms with Crippen molar-refractivity contribution in [2.24, 2.45) is 11.3 Å². The second-order valence-corrected chi connectivity index (χ2v) is 7.44. The van der Waals surface area contributed by atoms with Crippen molar-refractivity contribution < 1.29 is 0 Å². The van der Waals surface area contributed by atoms with Crippen LogP contribution in [0.1, 0.15) is 45.7 Å². The molecule has 19 heavy (non-hydrogen) atoms. The number of alkyl halides is 2.